The lowest BCUT2D eigenvalue weighted by Gasteiger charge is -2.26. The van der Waals surface area contributed by atoms with Crippen LogP contribution in [0.25, 0.3) is 10.9 Å². The molecule has 1 aliphatic rings. The summed E-state index contributed by atoms with van der Waals surface area (Å²) in [5.41, 5.74) is 1.03. The second-order valence-corrected chi connectivity index (χ2v) is 5.04. The maximum atomic E-state index is 9.49. The van der Waals surface area contributed by atoms with Gasteiger partial charge in [-0.15, -0.1) is 0 Å². The van der Waals surface area contributed by atoms with E-state index in [0.29, 0.717) is 6.04 Å². The summed E-state index contributed by atoms with van der Waals surface area (Å²) in [6, 6.07) is 12.7. The highest BCUT2D eigenvalue weighted by atomic mass is 16.3. The molecule has 0 saturated heterocycles. The van der Waals surface area contributed by atoms with Crippen LogP contribution in [0.5, 0.6) is 0 Å². The van der Waals surface area contributed by atoms with Crippen molar-refractivity contribution in [1.29, 1.82) is 0 Å². The number of aliphatic hydroxyl groups is 1. The Morgan fingerprint density at radius 3 is 2.61 bits per heavy atom. The van der Waals surface area contributed by atoms with Crippen molar-refractivity contribution in [3.63, 3.8) is 0 Å². The molecule has 3 heteroatoms. The fourth-order valence-corrected chi connectivity index (χ4v) is 2.58. The number of pyridine rings is 1. The Hall–Kier alpha value is -1.61. The summed E-state index contributed by atoms with van der Waals surface area (Å²) in [7, 11) is 0. The maximum absolute atomic E-state index is 9.49. The number of benzene rings is 1. The standard InChI is InChI=1S/C15H18N2O/c18-13-8-6-12(7-9-13)16-15-10-5-11-3-1-2-4-14(11)17-15/h1-5,10,12-13,18H,6-9H2,(H,16,17). The summed E-state index contributed by atoms with van der Waals surface area (Å²) in [4.78, 5) is 4.61. The number of aliphatic hydroxyl groups excluding tert-OH is 1. The number of aromatic nitrogens is 1. The Kier molecular flexibility index (Phi) is 3.15. The molecule has 3 rings (SSSR count). The van der Waals surface area contributed by atoms with Gasteiger partial charge in [-0.25, -0.2) is 4.98 Å². The van der Waals surface area contributed by atoms with Crippen molar-refractivity contribution in [1.82, 2.24) is 4.98 Å². The lowest BCUT2D eigenvalue weighted by Crippen LogP contribution is -2.28. The number of rotatable bonds is 2. The van der Waals surface area contributed by atoms with Crippen molar-refractivity contribution >= 4 is 16.7 Å². The second-order valence-electron chi connectivity index (χ2n) is 5.04. The van der Waals surface area contributed by atoms with E-state index in [4.69, 9.17) is 0 Å². The fourth-order valence-electron chi connectivity index (χ4n) is 2.58. The number of anilines is 1. The van der Waals surface area contributed by atoms with Gasteiger partial charge in [0.2, 0.25) is 0 Å². The molecule has 2 aromatic rings. The van der Waals surface area contributed by atoms with Crippen LogP contribution in [-0.2, 0) is 0 Å². The van der Waals surface area contributed by atoms with E-state index in [0.717, 1.165) is 37.0 Å². The van der Waals surface area contributed by atoms with Crippen LogP contribution < -0.4 is 5.32 Å². The number of para-hydroxylation sites is 1. The molecule has 1 saturated carbocycles. The van der Waals surface area contributed by atoms with E-state index >= 15 is 0 Å². The first kappa shape index (κ1) is 11.5. The van der Waals surface area contributed by atoms with Gasteiger partial charge in [-0.05, 0) is 43.9 Å². The van der Waals surface area contributed by atoms with E-state index in [1.165, 1.54) is 5.39 Å². The predicted octanol–water partition coefficient (Wildman–Crippen LogP) is 2.95. The molecule has 1 aromatic heterocycles. The minimum absolute atomic E-state index is 0.104. The van der Waals surface area contributed by atoms with Crippen LogP contribution >= 0.6 is 0 Å². The zero-order valence-electron chi connectivity index (χ0n) is 10.3. The zero-order chi connectivity index (χ0) is 12.4. The van der Waals surface area contributed by atoms with Gasteiger partial charge < -0.3 is 10.4 Å². The topological polar surface area (TPSA) is 45.1 Å². The predicted molar refractivity (Wildman–Crippen MR) is 73.6 cm³/mol. The second kappa shape index (κ2) is 4.94. The van der Waals surface area contributed by atoms with Crippen molar-refractivity contribution < 1.29 is 5.11 Å². The van der Waals surface area contributed by atoms with E-state index in [-0.39, 0.29) is 6.10 Å². The quantitative estimate of drug-likeness (QED) is 0.851. The van der Waals surface area contributed by atoms with Crippen LogP contribution in [0.1, 0.15) is 25.7 Å². The Morgan fingerprint density at radius 2 is 1.78 bits per heavy atom. The van der Waals surface area contributed by atoms with Crippen LogP contribution in [0, 0.1) is 0 Å². The monoisotopic (exact) mass is 242 g/mol. The summed E-state index contributed by atoms with van der Waals surface area (Å²) in [5, 5.41) is 14.1. The molecule has 0 spiro atoms. The van der Waals surface area contributed by atoms with Gasteiger partial charge in [0.25, 0.3) is 0 Å². The molecule has 0 radical (unpaired) electrons. The third kappa shape index (κ3) is 2.46. The van der Waals surface area contributed by atoms with Crippen molar-refractivity contribution in [2.24, 2.45) is 0 Å². The summed E-state index contributed by atoms with van der Waals surface area (Å²) < 4.78 is 0. The van der Waals surface area contributed by atoms with Gasteiger partial charge in [-0.1, -0.05) is 18.2 Å². The Bertz CT molecular complexity index is 533. The SMILES string of the molecule is OC1CCC(Nc2ccc3ccccc3n2)CC1. The third-order valence-electron chi connectivity index (χ3n) is 3.65. The smallest absolute Gasteiger partial charge is 0.126 e. The Morgan fingerprint density at radius 1 is 1.00 bits per heavy atom. The highest BCUT2D eigenvalue weighted by Gasteiger charge is 2.19. The fraction of sp³-hybridized carbons (Fsp3) is 0.400. The molecule has 1 aliphatic carbocycles. The molecule has 0 aliphatic heterocycles. The number of hydrogen-bond donors (Lipinski definition) is 2. The van der Waals surface area contributed by atoms with Crippen molar-refractivity contribution in [2.45, 2.75) is 37.8 Å². The zero-order valence-corrected chi connectivity index (χ0v) is 10.3. The average molecular weight is 242 g/mol. The molecule has 94 valence electrons. The first-order chi connectivity index (χ1) is 8.81. The van der Waals surface area contributed by atoms with Gasteiger partial charge >= 0.3 is 0 Å². The Balaban J connectivity index is 1.74. The van der Waals surface area contributed by atoms with Gasteiger partial charge in [-0.3, -0.25) is 0 Å². The molecule has 0 atom stereocenters. The minimum atomic E-state index is -0.104. The van der Waals surface area contributed by atoms with E-state index in [1.807, 2.05) is 24.3 Å². The Labute approximate surface area is 107 Å². The normalized spacial score (nSPS) is 24.1. The van der Waals surface area contributed by atoms with Gasteiger partial charge in [0, 0.05) is 11.4 Å². The van der Waals surface area contributed by atoms with Gasteiger partial charge in [-0.2, -0.15) is 0 Å². The molecule has 0 bridgehead atoms. The molecule has 0 unspecified atom stereocenters. The minimum Gasteiger partial charge on any atom is -0.393 e. The van der Waals surface area contributed by atoms with Crippen molar-refractivity contribution in [3.05, 3.63) is 36.4 Å². The molecular weight excluding hydrogens is 224 g/mol. The number of nitrogens with zero attached hydrogens (tertiary/aromatic N) is 1. The van der Waals surface area contributed by atoms with Crippen LogP contribution in [0.2, 0.25) is 0 Å². The number of nitrogens with one attached hydrogen (secondary N) is 1. The summed E-state index contributed by atoms with van der Waals surface area (Å²) in [6.07, 6.45) is 3.73. The lowest BCUT2D eigenvalue weighted by atomic mass is 9.93. The summed E-state index contributed by atoms with van der Waals surface area (Å²) in [6.45, 7) is 0. The van der Waals surface area contributed by atoms with Crippen molar-refractivity contribution in [2.75, 3.05) is 5.32 Å². The number of hydrogen-bond acceptors (Lipinski definition) is 3. The van der Waals surface area contributed by atoms with Gasteiger partial charge in [0.05, 0.1) is 11.6 Å². The highest BCUT2D eigenvalue weighted by molar-refractivity contribution is 5.80. The third-order valence-corrected chi connectivity index (χ3v) is 3.65. The van der Waals surface area contributed by atoms with E-state index < -0.39 is 0 Å². The summed E-state index contributed by atoms with van der Waals surface area (Å²) in [5.74, 6) is 0.940. The van der Waals surface area contributed by atoms with Crippen LogP contribution in [0.15, 0.2) is 36.4 Å². The first-order valence-corrected chi connectivity index (χ1v) is 6.62. The largest absolute Gasteiger partial charge is 0.393 e. The highest BCUT2D eigenvalue weighted by Crippen LogP contribution is 2.22. The van der Waals surface area contributed by atoms with E-state index in [1.54, 1.807) is 0 Å². The molecule has 1 heterocycles. The lowest BCUT2D eigenvalue weighted by molar-refractivity contribution is 0.126. The first-order valence-electron chi connectivity index (χ1n) is 6.62. The van der Waals surface area contributed by atoms with Crippen LogP contribution in [-0.4, -0.2) is 22.2 Å². The summed E-state index contributed by atoms with van der Waals surface area (Å²) >= 11 is 0. The molecule has 0 amide bonds. The molecular formula is C15H18N2O. The average Bonchev–Trinajstić information content (AvgIpc) is 2.41. The molecule has 1 fully saturated rings. The van der Waals surface area contributed by atoms with E-state index in [2.05, 4.69) is 22.4 Å². The van der Waals surface area contributed by atoms with Crippen LogP contribution in [0.4, 0.5) is 5.82 Å². The van der Waals surface area contributed by atoms with Gasteiger partial charge in [0.15, 0.2) is 0 Å². The molecule has 2 N–H and O–H groups in total. The molecule has 18 heavy (non-hydrogen) atoms. The van der Waals surface area contributed by atoms with Crippen LogP contribution in [0.3, 0.4) is 0 Å². The van der Waals surface area contributed by atoms with E-state index in [9.17, 15) is 5.11 Å². The molecule has 1 aromatic carbocycles. The number of fused-ring (bicyclic) bond motifs is 1. The van der Waals surface area contributed by atoms with Gasteiger partial charge in [0.1, 0.15) is 5.82 Å². The van der Waals surface area contributed by atoms with Crippen molar-refractivity contribution in [3.8, 4) is 0 Å². The maximum Gasteiger partial charge on any atom is 0.126 e. The molecule has 3 nitrogen and oxygen atoms in total.